The fourth-order valence-corrected chi connectivity index (χ4v) is 4.24. The van der Waals surface area contributed by atoms with E-state index in [1.807, 2.05) is 10.3 Å². The molecule has 0 N–H and O–H groups in total. The predicted molar refractivity (Wildman–Crippen MR) is 88.7 cm³/mol. The van der Waals surface area contributed by atoms with Crippen molar-refractivity contribution >= 4 is 17.2 Å². The maximum atomic E-state index is 12.7. The Balaban J connectivity index is 1.66. The molecule has 2 fully saturated rings. The Morgan fingerprint density at radius 2 is 2.22 bits per heavy atom. The minimum atomic E-state index is 0.0535. The van der Waals surface area contributed by atoms with Gasteiger partial charge in [0.15, 0.2) is 0 Å². The zero-order chi connectivity index (χ0) is 16.2. The lowest BCUT2D eigenvalue weighted by molar-refractivity contribution is 0.0102. The van der Waals surface area contributed by atoms with Gasteiger partial charge in [0.1, 0.15) is 10.7 Å². The number of carbonyl (C=O) groups excluding carboxylic acids is 1. The molecule has 2 aliphatic rings. The van der Waals surface area contributed by atoms with Crippen molar-refractivity contribution in [2.75, 3.05) is 46.5 Å². The van der Waals surface area contributed by atoms with Gasteiger partial charge in [-0.05, 0) is 5.92 Å². The molecule has 0 bridgehead atoms. The van der Waals surface area contributed by atoms with Gasteiger partial charge < -0.3 is 14.4 Å². The number of hydrogen-bond acceptors (Lipinski definition) is 6. The van der Waals surface area contributed by atoms with E-state index in [0.717, 1.165) is 50.8 Å². The predicted octanol–water partition coefficient (Wildman–Crippen LogP) is 1.47. The molecule has 2 saturated heterocycles. The number of nitrogens with zero attached hydrogens (tertiary/aromatic N) is 3. The summed E-state index contributed by atoms with van der Waals surface area (Å²) in [6, 6.07) is 0.449. The Hall–Kier alpha value is -1.02. The molecule has 0 aliphatic carbocycles. The van der Waals surface area contributed by atoms with Gasteiger partial charge in [-0.2, -0.15) is 0 Å². The monoisotopic (exact) mass is 339 g/mol. The molecule has 0 aromatic carbocycles. The highest BCUT2D eigenvalue weighted by Crippen LogP contribution is 2.27. The van der Waals surface area contributed by atoms with Crippen LogP contribution in [0.5, 0.6) is 0 Å². The zero-order valence-corrected chi connectivity index (χ0v) is 14.7. The van der Waals surface area contributed by atoms with Crippen LogP contribution in [0.4, 0.5) is 0 Å². The van der Waals surface area contributed by atoms with Gasteiger partial charge in [0, 0.05) is 44.7 Å². The van der Waals surface area contributed by atoms with Gasteiger partial charge in [0.2, 0.25) is 0 Å². The number of rotatable bonds is 5. The highest BCUT2D eigenvalue weighted by atomic mass is 32.1. The topological polar surface area (TPSA) is 54.9 Å². The van der Waals surface area contributed by atoms with E-state index in [1.165, 1.54) is 11.3 Å². The molecule has 7 heteroatoms. The van der Waals surface area contributed by atoms with Gasteiger partial charge in [-0.25, -0.2) is 4.98 Å². The van der Waals surface area contributed by atoms with Gasteiger partial charge in [-0.15, -0.1) is 11.3 Å². The molecule has 128 valence electrons. The Bertz CT molecular complexity index is 530. The molecular weight excluding hydrogens is 314 g/mol. The Kier molecular flexibility index (Phi) is 5.63. The minimum Gasteiger partial charge on any atom is -0.379 e. The minimum absolute atomic E-state index is 0.0535. The third-order valence-corrected chi connectivity index (χ3v) is 5.59. The van der Waals surface area contributed by atoms with Crippen LogP contribution in [0.15, 0.2) is 5.38 Å². The number of aromatic nitrogens is 1. The van der Waals surface area contributed by atoms with Gasteiger partial charge >= 0.3 is 0 Å². The van der Waals surface area contributed by atoms with Crippen molar-refractivity contribution in [1.29, 1.82) is 0 Å². The van der Waals surface area contributed by atoms with E-state index in [9.17, 15) is 4.79 Å². The summed E-state index contributed by atoms with van der Waals surface area (Å²) < 4.78 is 10.5. The van der Waals surface area contributed by atoms with E-state index in [4.69, 9.17) is 9.47 Å². The van der Waals surface area contributed by atoms with Crippen molar-refractivity contribution in [2.24, 2.45) is 5.92 Å². The van der Waals surface area contributed by atoms with Crippen LogP contribution in [0.2, 0.25) is 0 Å². The summed E-state index contributed by atoms with van der Waals surface area (Å²) in [7, 11) is 1.64. The van der Waals surface area contributed by atoms with Crippen molar-refractivity contribution in [1.82, 2.24) is 14.8 Å². The highest BCUT2D eigenvalue weighted by Gasteiger charge is 2.38. The lowest BCUT2D eigenvalue weighted by Crippen LogP contribution is -2.47. The van der Waals surface area contributed by atoms with Crippen molar-refractivity contribution in [3.8, 4) is 0 Å². The van der Waals surface area contributed by atoms with E-state index in [0.29, 0.717) is 24.3 Å². The van der Waals surface area contributed by atoms with Crippen molar-refractivity contribution in [2.45, 2.75) is 26.0 Å². The third kappa shape index (κ3) is 3.74. The summed E-state index contributed by atoms with van der Waals surface area (Å²) in [5.41, 5.74) is 0.555. The van der Waals surface area contributed by atoms with Crippen LogP contribution in [0.3, 0.4) is 0 Å². The van der Waals surface area contributed by atoms with E-state index < -0.39 is 0 Å². The molecule has 1 aromatic heterocycles. The van der Waals surface area contributed by atoms with E-state index >= 15 is 0 Å². The fraction of sp³-hybridized carbons (Fsp3) is 0.750. The largest absolute Gasteiger partial charge is 0.379 e. The summed E-state index contributed by atoms with van der Waals surface area (Å²) in [5, 5.41) is 2.70. The Morgan fingerprint density at radius 3 is 2.91 bits per heavy atom. The zero-order valence-electron chi connectivity index (χ0n) is 13.9. The Labute approximate surface area is 141 Å². The molecule has 0 saturated carbocycles. The number of methoxy groups -OCH3 is 1. The second-order valence-corrected chi connectivity index (χ2v) is 7.10. The molecule has 1 aromatic rings. The first-order chi connectivity index (χ1) is 11.2. The first kappa shape index (κ1) is 16.8. The van der Waals surface area contributed by atoms with Crippen molar-refractivity contribution in [3.63, 3.8) is 0 Å². The molecule has 0 unspecified atom stereocenters. The van der Waals surface area contributed by atoms with Gasteiger partial charge in [0.25, 0.3) is 5.91 Å². The molecule has 2 aliphatic heterocycles. The molecule has 2 atom stereocenters. The van der Waals surface area contributed by atoms with Crippen LogP contribution in [-0.4, -0.2) is 73.2 Å². The second-order valence-electron chi connectivity index (χ2n) is 6.15. The average molecular weight is 339 g/mol. The number of amides is 1. The van der Waals surface area contributed by atoms with Crippen molar-refractivity contribution < 1.29 is 14.3 Å². The number of ether oxygens (including phenoxy) is 2. The normalized spacial score (nSPS) is 25.9. The highest BCUT2D eigenvalue weighted by molar-refractivity contribution is 7.09. The van der Waals surface area contributed by atoms with Gasteiger partial charge in [-0.1, -0.05) is 13.3 Å². The van der Waals surface area contributed by atoms with Crippen LogP contribution in [0, 0.1) is 5.92 Å². The number of carbonyl (C=O) groups is 1. The Morgan fingerprint density at radius 1 is 1.43 bits per heavy atom. The molecule has 3 heterocycles. The quantitative estimate of drug-likeness (QED) is 0.813. The second kappa shape index (κ2) is 7.70. The van der Waals surface area contributed by atoms with E-state index in [2.05, 4.69) is 16.8 Å². The lowest BCUT2D eigenvalue weighted by atomic mass is 9.99. The van der Waals surface area contributed by atoms with Crippen LogP contribution in [0.1, 0.15) is 28.8 Å². The molecule has 0 radical (unpaired) electrons. The number of likely N-dealkylation sites (tertiary alicyclic amines) is 1. The van der Waals surface area contributed by atoms with Gasteiger partial charge in [-0.3, -0.25) is 9.69 Å². The standard InChI is InChI=1S/C16H25N3O3S/c1-3-12-8-19(9-14(12)18-4-6-22-7-5-18)16(20)13-11-23-15(17-13)10-21-2/h11-12,14H,3-10H2,1-2H3/t12-,14+/m0/s1. The summed E-state index contributed by atoms with van der Waals surface area (Å²) in [5.74, 6) is 0.590. The van der Waals surface area contributed by atoms with Crippen LogP contribution < -0.4 is 0 Å². The SMILES string of the molecule is CC[C@H]1CN(C(=O)c2csc(COC)n2)C[C@H]1N1CCOCC1. The van der Waals surface area contributed by atoms with Crippen molar-refractivity contribution in [3.05, 3.63) is 16.1 Å². The third-order valence-electron chi connectivity index (χ3n) is 4.77. The summed E-state index contributed by atoms with van der Waals surface area (Å²) in [4.78, 5) is 21.6. The molecule has 3 rings (SSSR count). The maximum Gasteiger partial charge on any atom is 0.273 e. The first-order valence-electron chi connectivity index (χ1n) is 8.27. The number of hydrogen-bond donors (Lipinski definition) is 0. The fourth-order valence-electron chi connectivity index (χ4n) is 3.50. The van der Waals surface area contributed by atoms with Crippen LogP contribution in [-0.2, 0) is 16.1 Å². The van der Waals surface area contributed by atoms with E-state index in [1.54, 1.807) is 7.11 Å². The lowest BCUT2D eigenvalue weighted by Gasteiger charge is -2.34. The number of morpholine rings is 1. The first-order valence-corrected chi connectivity index (χ1v) is 9.15. The van der Waals surface area contributed by atoms with Gasteiger partial charge in [0.05, 0.1) is 19.8 Å². The van der Waals surface area contributed by atoms with Crippen LogP contribution >= 0.6 is 11.3 Å². The average Bonchev–Trinajstić information content (AvgIpc) is 3.22. The van der Waals surface area contributed by atoms with Crippen LogP contribution in [0.25, 0.3) is 0 Å². The summed E-state index contributed by atoms with van der Waals surface area (Å²) >= 11 is 1.49. The molecule has 23 heavy (non-hydrogen) atoms. The van der Waals surface area contributed by atoms with E-state index in [-0.39, 0.29) is 5.91 Å². The number of thiazole rings is 1. The molecular formula is C16H25N3O3S. The molecule has 6 nitrogen and oxygen atoms in total. The summed E-state index contributed by atoms with van der Waals surface area (Å²) in [6.45, 7) is 7.84. The molecule has 1 amide bonds. The molecule has 0 spiro atoms. The smallest absolute Gasteiger partial charge is 0.273 e. The summed E-state index contributed by atoms with van der Waals surface area (Å²) in [6.07, 6.45) is 1.10. The maximum absolute atomic E-state index is 12.7.